The minimum absolute atomic E-state index is 0. The first kappa shape index (κ1) is 25.1. The third-order valence-electron chi connectivity index (χ3n) is 5.27. The molecule has 6 nitrogen and oxygen atoms in total. The Morgan fingerprint density at radius 2 is 1.61 bits per heavy atom. The number of rotatable bonds is 6. The fourth-order valence-electron chi connectivity index (χ4n) is 3.56. The summed E-state index contributed by atoms with van der Waals surface area (Å²) in [6.07, 6.45) is 0. The van der Waals surface area contributed by atoms with Crippen LogP contribution in [0.1, 0.15) is 28.4 Å². The maximum absolute atomic E-state index is 12.0. The highest BCUT2D eigenvalue weighted by molar-refractivity contribution is 14.0. The van der Waals surface area contributed by atoms with Gasteiger partial charge in [-0.15, -0.1) is 24.0 Å². The molecule has 7 heteroatoms. The third kappa shape index (κ3) is 7.50. The van der Waals surface area contributed by atoms with Crippen molar-refractivity contribution in [1.29, 1.82) is 0 Å². The molecule has 168 valence electrons. The maximum Gasteiger partial charge on any atom is 0.253 e. The van der Waals surface area contributed by atoms with E-state index >= 15 is 0 Å². The van der Waals surface area contributed by atoms with Crippen molar-refractivity contribution < 1.29 is 4.79 Å². The summed E-state index contributed by atoms with van der Waals surface area (Å²) >= 11 is 0. The molecule has 2 aromatic carbocycles. The molecule has 1 N–H and O–H groups in total. The Hall–Kier alpha value is -2.13. The van der Waals surface area contributed by atoms with Crippen molar-refractivity contribution >= 4 is 35.8 Å². The van der Waals surface area contributed by atoms with E-state index in [0.29, 0.717) is 12.1 Å². The Morgan fingerprint density at radius 1 is 0.968 bits per heavy atom. The zero-order valence-electron chi connectivity index (χ0n) is 18.8. The minimum atomic E-state index is 0. The van der Waals surface area contributed by atoms with Gasteiger partial charge in [-0.2, -0.15) is 0 Å². The molecule has 0 unspecified atom stereocenters. The van der Waals surface area contributed by atoms with Crippen LogP contribution in [-0.4, -0.2) is 73.4 Å². The number of halogens is 1. The highest BCUT2D eigenvalue weighted by Gasteiger charge is 2.19. The molecule has 2 aromatic rings. The molecule has 1 fully saturated rings. The van der Waals surface area contributed by atoms with Crippen LogP contribution in [0.15, 0.2) is 59.6 Å². The topological polar surface area (TPSA) is 51.2 Å². The van der Waals surface area contributed by atoms with Crippen LogP contribution < -0.4 is 5.32 Å². The molecule has 1 amide bonds. The lowest BCUT2D eigenvalue weighted by molar-refractivity contribution is 0.0827. The minimum Gasteiger partial charge on any atom is -0.357 e. The Bertz CT molecular complexity index is 831. The van der Waals surface area contributed by atoms with E-state index in [4.69, 9.17) is 4.99 Å². The zero-order valence-corrected chi connectivity index (χ0v) is 21.1. The number of aliphatic imine (C=N–C) groups is 1. The average Bonchev–Trinajstić information content (AvgIpc) is 2.78. The number of hydrogen-bond donors (Lipinski definition) is 1. The molecular weight excluding hydrogens is 501 g/mol. The van der Waals surface area contributed by atoms with E-state index in [1.165, 1.54) is 5.56 Å². The van der Waals surface area contributed by atoms with E-state index in [1.54, 1.807) is 19.0 Å². The van der Waals surface area contributed by atoms with Gasteiger partial charge in [-0.25, -0.2) is 4.99 Å². The number of benzene rings is 2. The van der Waals surface area contributed by atoms with Gasteiger partial charge in [0, 0.05) is 58.9 Å². The smallest absolute Gasteiger partial charge is 0.253 e. The highest BCUT2D eigenvalue weighted by atomic mass is 127. The Morgan fingerprint density at radius 3 is 2.19 bits per heavy atom. The lowest BCUT2D eigenvalue weighted by atomic mass is 10.1. The molecule has 0 aromatic heterocycles. The molecule has 0 bridgehead atoms. The lowest BCUT2D eigenvalue weighted by Crippen LogP contribution is -2.52. The summed E-state index contributed by atoms with van der Waals surface area (Å²) in [5.41, 5.74) is 3.17. The molecular formula is C24H34IN5O. The lowest BCUT2D eigenvalue weighted by Gasteiger charge is -2.36. The first-order valence-electron chi connectivity index (χ1n) is 10.7. The van der Waals surface area contributed by atoms with Gasteiger partial charge in [0.25, 0.3) is 5.91 Å². The molecule has 31 heavy (non-hydrogen) atoms. The number of carbonyl (C=O) groups excluding carboxylic acids is 1. The predicted octanol–water partition coefficient (Wildman–Crippen LogP) is 3.29. The number of nitrogens with one attached hydrogen (secondary N) is 1. The molecule has 0 radical (unpaired) electrons. The first-order valence-corrected chi connectivity index (χ1v) is 10.7. The van der Waals surface area contributed by atoms with Crippen LogP contribution in [0.5, 0.6) is 0 Å². The number of nitrogens with zero attached hydrogens (tertiary/aromatic N) is 4. The van der Waals surface area contributed by atoms with Crippen LogP contribution in [0.3, 0.4) is 0 Å². The summed E-state index contributed by atoms with van der Waals surface area (Å²) in [5.74, 6) is 0.983. The van der Waals surface area contributed by atoms with E-state index in [0.717, 1.165) is 50.8 Å². The quantitative estimate of drug-likeness (QED) is 0.351. The monoisotopic (exact) mass is 535 g/mol. The van der Waals surface area contributed by atoms with Gasteiger partial charge in [-0.1, -0.05) is 42.5 Å². The predicted molar refractivity (Wildman–Crippen MR) is 138 cm³/mol. The molecule has 0 atom stereocenters. The summed E-state index contributed by atoms with van der Waals surface area (Å²) < 4.78 is 0. The largest absolute Gasteiger partial charge is 0.357 e. The number of hydrogen-bond acceptors (Lipinski definition) is 3. The molecule has 3 rings (SSSR count). The highest BCUT2D eigenvalue weighted by Crippen LogP contribution is 2.11. The summed E-state index contributed by atoms with van der Waals surface area (Å²) in [5, 5.41) is 3.43. The van der Waals surface area contributed by atoms with Crippen LogP contribution in [0, 0.1) is 0 Å². The van der Waals surface area contributed by atoms with Crippen molar-refractivity contribution in [3.8, 4) is 0 Å². The second-order valence-corrected chi connectivity index (χ2v) is 7.82. The second-order valence-electron chi connectivity index (χ2n) is 7.82. The van der Waals surface area contributed by atoms with Gasteiger partial charge in [0.2, 0.25) is 0 Å². The van der Waals surface area contributed by atoms with Gasteiger partial charge in [0.15, 0.2) is 5.96 Å². The van der Waals surface area contributed by atoms with Gasteiger partial charge in [0.1, 0.15) is 0 Å². The van der Waals surface area contributed by atoms with Crippen LogP contribution in [0.4, 0.5) is 0 Å². The van der Waals surface area contributed by atoms with E-state index in [1.807, 2.05) is 24.3 Å². The summed E-state index contributed by atoms with van der Waals surface area (Å²) in [6, 6.07) is 18.4. The van der Waals surface area contributed by atoms with E-state index in [2.05, 4.69) is 52.4 Å². The van der Waals surface area contributed by atoms with Gasteiger partial charge in [0.05, 0.1) is 6.54 Å². The van der Waals surface area contributed by atoms with Gasteiger partial charge >= 0.3 is 0 Å². The van der Waals surface area contributed by atoms with Crippen molar-refractivity contribution in [3.63, 3.8) is 0 Å². The van der Waals surface area contributed by atoms with E-state index in [9.17, 15) is 4.79 Å². The molecule has 0 aliphatic carbocycles. The summed E-state index contributed by atoms with van der Waals surface area (Å²) in [7, 11) is 3.53. The van der Waals surface area contributed by atoms with E-state index in [-0.39, 0.29) is 29.9 Å². The molecule has 0 saturated carbocycles. The van der Waals surface area contributed by atoms with Crippen LogP contribution in [0.2, 0.25) is 0 Å². The van der Waals surface area contributed by atoms with Gasteiger partial charge in [-0.3, -0.25) is 9.69 Å². The van der Waals surface area contributed by atoms with Crippen molar-refractivity contribution in [1.82, 2.24) is 20.0 Å². The van der Waals surface area contributed by atoms with Crippen molar-refractivity contribution in [2.75, 3.05) is 46.8 Å². The molecule has 1 saturated heterocycles. The molecule has 1 aliphatic rings. The summed E-state index contributed by atoms with van der Waals surface area (Å²) in [4.78, 5) is 23.3. The normalized spacial score (nSPS) is 14.7. The fraction of sp³-hybridized carbons (Fsp3) is 0.417. The second kappa shape index (κ2) is 12.7. The van der Waals surface area contributed by atoms with Crippen molar-refractivity contribution in [2.45, 2.75) is 20.0 Å². The number of piperazine rings is 1. The number of amides is 1. The van der Waals surface area contributed by atoms with Gasteiger partial charge < -0.3 is 15.1 Å². The van der Waals surface area contributed by atoms with Gasteiger partial charge in [-0.05, 0) is 30.2 Å². The first-order chi connectivity index (χ1) is 14.6. The Balaban J connectivity index is 0.00000341. The van der Waals surface area contributed by atoms with E-state index < -0.39 is 0 Å². The standard InChI is InChI=1S/C24H33N5O.HI/c1-4-25-24(26-18-20-10-12-22(13-11-20)23(30)27(2)3)29-16-14-28(15-17-29)19-21-8-6-5-7-9-21;/h5-13H,4,14-19H2,1-3H3,(H,25,26);1H. The van der Waals surface area contributed by atoms with Crippen molar-refractivity contribution in [2.24, 2.45) is 4.99 Å². The zero-order chi connectivity index (χ0) is 21.3. The molecule has 1 heterocycles. The Labute approximate surface area is 203 Å². The number of guanidine groups is 1. The van der Waals surface area contributed by atoms with Crippen molar-refractivity contribution in [3.05, 3.63) is 71.3 Å². The summed E-state index contributed by atoms with van der Waals surface area (Å²) in [6.45, 7) is 8.54. The molecule has 0 spiro atoms. The SMILES string of the molecule is CCNC(=NCc1ccc(C(=O)N(C)C)cc1)N1CCN(Cc2ccccc2)CC1.I. The third-order valence-corrected chi connectivity index (χ3v) is 5.27. The average molecular weight is 535 g/mol. The van der Waals surface area contributed by atoms with Crippen LogP contribution >= 0.6 is 24.0 Å². The van der Waals surface area contributed by atoms with Crippen LogP contribution in [-0.2, 0) is 13.1 Å². The van der Waals surface area contributed by atoms with Crippen LogP contribution in [0.25, 0.3) is 0 Å². The number of carbonyl (C=O) groups is 1. The maximum atomic E-state index is 12.0. The fourth-order valence-corrected chi connectivity index (χ4v) is 3.56. The molecule has 1 aliphatic heterocycles. The Kier molecular flexibility index (Phi) is 10.3.